The third-order valence-electron chi connectivity index (χ3n) is 4.24. The van der Waals surface area contributed by atoms with Gasteiger partial charge >= 0.3 is 0 Å². The summed E-state index contributed by atoms with van der Waals surface area (Å²) in [4.78, 5) is 29.7. The van der Waals surface area contributed by atoms with Crippen LogP contribution in [0.1, 0.15) is 33.6 Å². The molecule has 0 radical (unpaired) electrons. The number of aromatic nitrogens is 1. The summed E-state index contributed by atoms with van der Waals surface area (Å²) < 4.78 is 26.5. The number of nitrogens with two attached hydrogens (primary N) is 1. The van der Waals surface area contributed by atoms with Crippen molar-refractivity contribution >= 4 is 11.8 Å². The van der Waals surface area contributed by atoms with Crippen molar-refractivity contribution in [3.63, 3.8) is 0 Å². The van der Waals surface area contributed by atoms with Crippen molar-refractivity contribution in [1.29, 1.82) is 0 Å². The molecule has 25 heavy (non-hydrogen) atoms. The highest BCUT2D eigenvalue weighted by Crippen LogP contribution is 2.29. The van der Waals surface area contributed by atoms with E-state index in [1.807, 2.05) is 0 Å². The van der Waals surface area contributed by atoms with Crippen LogP contribution in [-0.4, -0.2) is 40.7 Å². The number of benzene rings is 1. The molecule has 2 aromatic rings. The third-order valence-corrected chi connectivity index (χ3v) is 4.24. The van der Waals surface area contributed by atoms with Gasteiger partial charge in [-0.3, -0.25) is 14.6 Å². The van der Waals surface area contributed by atoms with Crippen LogP contribution in [0.3, 0.4) is 0 Å². The molecule has 1 aromatic heterocycles. The predicted octanol–water partition coefficient (Wildman–Crippen LogP) is 2.72. The summed E-state index contributed by atoms with van der Waals surface area (Å²) in [6, 6.07) is 9.77. The first-order valence-corrected chi connectivity index (χ1v) is 7.90. The van der Waals surface area contributed by atoms with Gasteiger partial charge in [-0.1, -0.05) is 12.1 Å². The lowest BCUT2D eigenvalue weighted by Gasteiger charge is -2.31. The van der Waals surface area contributed by atoms with Crippen molar-refractivity contribution in [2.45, 2.75) is 18.8 Å². The molecule has 2 N–H and O–H groups in total. The molecule has 1 saturated heterocycles. The zero-order valence-electron chi connectivity index (χ0n) is 13.4. The first-order chi connectivity index (χ1) is 11.9. The van der Waals surface area contributed by atoms with Gasteiger partial charge in [0.2, 0.25) is 0 Å². The smallest absolute Gasteiger partial charge is 0.253 e. The van der Waals surface area contributed by atoms with E-state index in [4.69, 9.17) is 5.73 Å². The monoisotopic (exact) mass is 345 g/mol. The summed E-state index contributed by atoms with van der Waals surface area (Å²) in [5, 5.41) is 0. The van der Waals surface area contributed by atoms with Crippen molar-refractivity contribution in [2.75, 3.05) is 13.1 Å². The number of piperidine rings is 1. The topological polar surface area (TPSA) is 76.3 Å². The van der Waals surface area contributed by atoms with Crippen molar-refractivity contribution in [3.8, 4) is 11.3 Å². The average Bonchev–Trinajstić information content (AvgIpc) is 2.61. The van der Waals surface area contributed by atoms with Crippen LogP contribution < -0.4 is 5.73 Å². The molecule has 0 spiro atoms. The molecular formula is C18H17F2N3O2. The molecule has 3 rings (SSSR count). The molecular weight excluding hydrogens is 328 g/mol. The summed E-state index contributed by atoms with van der Waals surface area (Å²) in [6.45, 7) is 0.0400. The lowest BCUT2D eigenvalue weighted by atomic mass is 10.0. The molecule has 0 atom stereocenters. The fourth-order valence-corrected chi connectivity index (χ4v) is 2.85. The molecule has 0 unspecified atom stereocenters. The minimum absolute atomic E-state index is 0.0200. The summed E-state index contributed by atoms with van der Waals surface area (Å²) in [5.74, 6) is -3.63. The van der Waals surface area contributed by atoms with E-state index in [0.29, 0.717) is 16.8 Å². The number of halogens is 2. The van der Waals surface area contributed by atoms with Gasteiger partial charge in [0.1, 0.15) is 0 Å². The van der Waals surface area contributed by atoms with E-state index in [2.05, 4.69) is 4.98 Å². The van der Waals surface area contributed by atoms with Crippen molar-refractivity contribution < 1.29 is 18.4 Å². The number of primary amides is 1. The second-order valence-corrected chi connectivity index (χ2v) is 5.99. The Bertz CT molecular complexity index is 813. The number of hydrogen-bond acceptors (Lipinski definition) is 3. The van der Waals surface area contributed by atoms with Crippen LogP contribution in [0.5, 0.6) is 0 Å². The van der Waals surface area contributed by atoms with Gasteiger partial charge in [-0.2, -0.15) is 0 Å². The SMILES string of the molecule is NC(=O)c1cccnc1-c1cccc(C(=O)N2CCC(F)(F)CC2)c1. The largest absolute Gasteiger partial charge is 0.366 e. The van der Waals surface area contributed by atoms with Gasteiger partial charge in [0.15, 0.2) is 0 Å². The van der Waals surface area contributed by atoms with Gasteiger partial charge in [0, 0.05) is 43.3 Å². The first-order valence-electron chi connectivity index (χ1n) is 7.90. The maximum Gasteiger partial charge on any atom is 0.253 e. The van der Waals surface area contributed by atoms with E-state index in [9.17, 15) is 18.4 Å². The molecule has 0 saturated carbocycles. The van der Waals surface area contributed by atoms with Gasteiger partial charge in [0.05, 0.1) is 11.3 Å². The summed E-state index contributed by atoms with van der Waals surface area (Å²) in [5.41, 5.74) is 6.94. The lowest BCUT2D eigenvalue weighted by Crippen LogP contribution is -2.42. The van der Waals surface area contributed by atoms with Crippen LogP contribution in [0.25, 0.3) is 11.3 Å². The molecule has 5 nitrogen and oxygen atoms in total. The maximum absolute atomic E-state index is 13.3. The molecule has 2 heterocycles. The van der Waals surface area contributed by atoms with Crippen LogP contribution in [-0.2, 0) is 0 Å². The molecule has 130 valence electrons. The quantitative estimate of drug-likeness (QED) is 0.929. The summed E-state index contributed by atoms with van der Waals surface area (Å²) >= 11 is 0. The minimum atomic E-state index is -2.71. The van der Waals surface area contributed by atoms with E-state index < -0.39 is 11.8 Å². The number of nitrogens with zero attached hydrogens (tertiary/aromatic N) is 2. The number of likely N-dealkylation sites (tertiary alicyclic amines) is 1. The second-order valence-electron chi connectivity index (χ2n) is 5.99. The normalized spacial score (nSPS) is 16.5. The first kappa shape index (κ1) is 17.0. The molecule has 0 aliphatic carbocycles. The number of hydrogen-bond donors (Lipinski definition) is 1. The summed E-state index contributed by atoms with van der Waals surface area (Å²) in [7, 11) is 0. The van der Waals surface area contributed by atoms with Gasteiger partial charge < -0.3 is 10.6 Å². The Morgan fingerprint density at radius 2 is 1.84 bits per heavy atom. The van der Waals surface area contributed by atoms with E-state index in [-0.39, 0.29) is 37.4 Å². The molecule has 1 aliphatic heterocycles. The Morgan fingerprint density at radius 1 is 1.12 bits per heavy atom. The molecule has 2 amide bonds. The van der Waals surface area contributed by atoms with Crippen LogP contribution in [0.4, 0.5) is 8.78 Å². The highest BCUT2D eigenvalue weighted by Gasteiger charge is 2.35. The van der Waals surface area contributed by atoms with Gasteiger partial charge in [-0.15, -0.1) is 0 Å². The van der Waals surface area contributed by atoms with E-state index in [1.54, 1.807) is 36.4 Å². The number of carbonyl (C=O) groups is 2. The van der Waals surface area contributed by atoms with E-state index in [0.717, 1.165) is 0 Å². The molecule has 0 bridgehead atoms. The van der Waals surface area contributed by atoms with Crippen LogP contribution >= 0.6 is 0 Å². The lowest BCUT2D eigenvalue weighted by molar-refractivity contribution is -0.0494. The molecule has 1 fully saturated rings. The van der Waals surface area contributed by atoms with Crippen molar-refractivity contribution in [1.82, 2.24) is 9.88 Å². The van der Waals surface area contributed by atoms with Gasteiger partial charge in [0.25, 0.3) is 17.7 Å². The highest BCUT2D eigenvalue weighted by molar-refractivity contribution is 6.00. The van der Waals surface area contributed by atoms with Crippen molar-refractivity contribution in [3.05, 3.63) is 53.7 Å². The highest BCUT2D eigenvalue weighted by atomic mass is 19.3. The van der Waals surface area contributed by atoms with Crippen LogP contribution in [0.2, 0.25) is 0 Å². The summed E-state index contributed by atoms with van der Waals surface area (Å²) in [6.07, 6.45) is 0.873. The fourth-order valence-electron chi connectivity index (χ4n) is 2.85. The molecule has 7 heteroatoms. The third kappa shape index (κ3) is 3.65. The van der Waals surface area contributed by atoms with E-state index >= 15 is 0 Å². The Kier molecular flexibility index (Phi) is 4.48. The van der Waals surface area contributed by atoms with Gasteiger partial charge in [-0.25, -0.2) is 8.78 Å². The van der Waals surface area contributed by atoms with Crippen LogP contribution in [0, 0.1) is 0 Å². The number of amides is 2. The Morgan fingerprint density at radius 3 is 2.52 bits per heavy atom. The second kappa shape index (κ2) is 6.58. The number of pyridine rings is 1. The zero-order valence-corrected chi connectivity index (χ0v) is 13.4. The van der Waals surface area contributed by atoms with Crippen LogP contribution in [0.15, 0.2) is 42.6 Å². The van der Waals surface area contributed by atoms with E-state index in [1.165, 1.54) is 11.1 Å². The number of rotatable bonds is 3. The predicted molar refractivity (Wildman–Crippen MR) is 88.3 cm³/mol. The molecule has 1 aromatic carbocycles. The number of carbonyl (C=O) groups excluding carboxylic acids is 2. The Labute approximate surface area is 143 Å². The average molecular weight is 345 g/mol. The standard InChI is InChI=1S/C18H17F2N3O2/c19-18(20)6-9-23(10-7-18)17(25)13-4-1-3-12(11-13)15-14(16(21)24)5-2-8-22-15/h1-5,8,11H,6-7,9-10H2,(H2,21,24). The number of alkyl halides is 2. The minimum Gasteiger partial charge on any atom is -0.366 e. The Hall–Kier alpha value is -2.83. The Balaban J connectivity index is 1.88. The maximum atomic E-state index is 13.3. The van der Waals surface area contributed by atoms with Gasteiger partial charge in [-0.05, 0) is 24.3 Å². The fraction of sp³-hybridized carbons (Fsp3) is 0.278. The van der Waals surface area contributed by atoms with Crippen molar-refractivity contribution in [2.24, 2.45) is 5.73 Å². The zero-order chi connectivity index (χ0) is 18.0. The molecule has 1 aliphatic rings.